The summed E-state index contributed by atoms with van der Waals surface area (Å²) in [5.74, 6) is 0. The van der Waals surface area contributed by atoms with Crippen LogP contribution in [0.5, 0.6) is 0 Å². The Morgan fingerprint density at radius 2 is 2.33 bits per heavy atom. The second-order valence-corrected chi connectivity index (χ2v) is 2.76. The third-order valence-corrected chi connectivity index (χ3v) is 1.86. The fourth-order valence-electron chi connectivity index (χ4n) is 1.01. The van der Waals surface area contributed by atoms with Crippen molar-refractivity contribution in [2.24, 2.45) is 0 Å². The molecule has 2 rings (SSSR count). The van der Waals surface area contributed by atoms with E-state index >= 15 is 0 Å². The Morgan fingerprint density at radius 3 is 3.00 bits per heavy atom. The molecule has 59 valence electrons. The van der Waals surface area contributed by atoms with Crippen LogP contribution in [-0.2, 0) is 0 Å². The molecule has 0 atom stereocenters. The zero-order chi connectivity index (χ0) is 8.39. The number of hydrogen-bond acceptors (Lipinski definition) is 1. The standard InChI is InChI=1S/C9H6ClN2/c10-8-2-1-4-12-9(8)7-3-5-11-6-7/h1-5,11H. The number of aromatic nitrogens is 2. The van der Waals surface area contributed by atoms with Crippen molar-refractivity contribution in [1.82, 2.24) is 9.97 Å². The predicted octanol–water partition coefficient (Wildman–Crippen LogP) is 2.53. The maximum absolute atomic E-state index is 5.92. The highest BCUT2D eigenvalue weighted by Crippen LogP contribution is 2.23. The Balaban J connectivity index is 2.55. The minimum absolute atomic E-state index is 0.647. The molecule has 0 aliphatic carbocycles. The van der Waals surface area contributed by atoms with Crippen LogP contribution in [0.1, 0.15) is 0 Å². The summed E-state index contributed by atoms with van der Waals surface area (Å²) in [5.41, 5.74) is 1.65. The van der Waals surface area contributed by atoms with E-state index in [-0.39, 0.29) is 0 Å². The molecule has 0 saturated carbocycles. The first-order valence-electron chi connectivity index (χ1n) is 3.54. The van der Waals surface area contributed by atoms with Crippen molar-refractivity contribution in [1.29, 1.82) is 0 Å². The molecule has 2 heterocycles. The average molecular weight is 178 g/mol. The smallest absolute Gasteiger partial charge is 0.0910 e. The van der Waals surface area contributed by atoms with Gasteiger partial charge in [0.15, 0.2) is 0 Å². The zero-order valence-corrected chi connectivity index (χ0v) is 6.97. The second-order valence-electron chi connectivity index (χ2n) is 2.35. The first kappa shape index (κ1) is 7.37. The van der Waals surface area contributed by atoms with Gasteiger partial charge in [-0.1, -0.05) is 11.6 Å². The molecule has 0 aromatic carbocycles. The van der Waals surface area contributed by atoms with Crippen molar-refractivity contribution in [2.75, 3.05) is 0 Å². The molecular weight excluding hydrogens is 172 g/mol. The summed E-state index contributed by atoms with van der Waals surface area (Å²) in [7, 11) is 0. The van der Waals surface area contributed by atoms with Crippen LogP contribution in [0.3, 0.4) is 0 Å². The highest BCUT2D eigenvalue weighted by molar-refractivity contribution is 6.32. The van der Waals surface area contributed by atoms with Gasteiger partial charge in [-0.15, -0.1) is 0 Å². The molecule has 0 aliphatic rings. The van der Waals surface area contributed by atoms with Crippen LogP contribution in [0.2, 0.25) is 5.02 Å². The molecule has 1 radical (unpaired) electrons. The van der Waals surface area contributed by atoms with Gasteiger partial charge in [0.2, 0.25) is 0 Å². The van der Waals surface area contributed by atoms with Crippen molar-refractivity contribution in [2.45, 2.75) is 0 Å². The van der Waals surface area contributed by atoms with Gasteiger partial charge in [-0.05, 0) is 18.2 Å². The monoisotopic (exact) mass is 177 g/mol. The Hall–Kier alpha value is -1.28. The third-order valence-electron chi connectivity index (χ3n) is 1.55. The summed E-state index contributed by atoms with van der Waals surface area (Å²) in [6, 6.07) is 5.50. The summed E-state index contributed by atoms with van der Waals surface area (Å²) >= 11 is 5.92. The van der Waals surface area contributed by atoms with E-state index < -0.39 is 0 Å². The lowest BCUT2D eigenvalue weighted by Gasteiger charge is -1.97. The number of nitrogens with zero attached hydrogens (tertiary/aromatic N) is 1. The number of halogens is 1. The van der Waals surface area contributed by atoms with Gasteiger partial charge in [-0.25, -0.2) is 0 Å². The Bertz CT molecular complexity index is 368. The van der Waals surface area contributed by atoms with Crippen molar-refractivity contribution >= 4 is 11.6 Å². The number of nitrogens with one attached hydrogen (secondary N) is 1. The van der Waals surface area contributed by atoms with Crippen LogP contribution in [0.25, 0.3) is 11.3 Å². The maximum Gasteiger partial charge on any atom is 0.0910 e. The predicted molar refractivity (Wildman–Crippen MR) is 47.9 cm³/mol. The number of hydrogen-bond donors (Lipinski definition) is 1. The molecule has 0 fully saturated rings. The van der Waals surface area contributed by atoms with Crippen LogP contribution >= 0.6 is 11.6 Å². The molecule has 0 spiro atoms. The molecule has 2 nitrogen and oxygen atoms in total. The fourth-order valence-corrected chi connectivity index (χ4v) is 1.23. The summed E-state index contributed by atoms with van der Waals surface area (Å²) in [5, 5.41) is 0.647. The molecule has 0 saturated heterocycles. The molecular formula is C9H6ClN2. The van der Waals surface area contributed by atoms with E-state index in [9.17, 15) is 0 Å². The summed E-state index contributed by atoms with van der Waals surface area (Å²) in [6.45, 7) is 0. The van der Waals surface area contributed by atoms with E-state index in [2.05, 4.69) is 16.2 Å². The highest BCUT2D eigenvalue weighted by atomic mass is 35.5. The van der Waals surface area contributed by atoms with Gasteiger partial charge in [-0.3, -0.25) is 4.98 Å². The van der Waals surface area contributed by atoms with Crippen molar-refractivity contribution in [3.8, 4) is 11.3 Å². The van der Waals surface area contributed by atoms with Crippen LogP contribution in [0.4, 0.5) is 0 Å². The zero-order valence-electron chi connectivity index (χ0n) is 6.21. The molecule has 2 aromatic heterocycles. The Morgan fingerprint density at radius 1 is 1.42 bits per heavy atom. The third kappa shape index (κ3) is 1.21. The fraction of sp³-hybridized carbons (Fsp3) is 0. The molecule has 2 aromatic rings. The van der Waals surface area contributed by atoms with Gasteiger partial charge in [0.25, 0.3) is 0 Å². The second kappa shape index (κ2) is 2.99. The van der Waals surface area contributed by atoms with Crippen LogP contribution < -0.4 is 0 Å². The topological polar surface area (TPSA) is 28.7 Å². The van der Waals surface area contributed by atoms with Crippen molar-refractivity contribution in [3.63, 3.8) is 0 Å². The molecule has 0 aliphatic heterocycles. The quantitative estimate of drug-likeness (QED) is 0.713. The number of rotatable bonds is 1. The average Bonchev–Trinajstić information content (AvgIpc) is 2.57. The van der Waals surface area contributed by atoms with Crippen LogP contribution in [0.15, 0.2) is 30.6 Å². The van der Waals surface area contributed by atoms with E-state index in [1.54, 1.807) is 18.5 Å². The van der Waals surface area contributed by atoms with Gasteiger partial charge in [0.1, 0.15) is 0 Å². The number of pyridine rings is 1. The van der Waals surface area contributed by atoms with Crippen molar-refractivity contribution < 1.29 is 0 Å². The van der Waals surface area contributed by atoms with Crippen LogP contribution in [-0.4, -0.2) is 9.97 Å². The first-order valence-corrected chi connectivity index (χ1v) is 3.91. The van der Waals surface area contributed by atoms with E-state index in [4.69, 9.17) is 11.6 Å². The van der Waals surface area contributed by atoms with Gasteiger partial charge in [0.05, 0.1) is 16.9 Å². The summed E-state index contributed by atoms with van der Waals surface area (Å²) in [4.78, 5) is 6.97. The molecule has 3 heteroatoms. The normalized spacial score (nSPS) is 10.1. The lowest BCUT2D eigenvalue weighted by molar-refractivity contribution is 1.32. The Labute approximate surface area is 75.2 Å². The lowest BCUT2D eigenvalue weighted by Crippen LogP contribution is -1.80. The molecule has 0 bridgehead atoms. The number of H-pyrrole nitrogens is 1. The molecule has 1 N–H and O–H groups in total. The van der Waals surface area contributed by atoms with Gasteiger partial charge < -0.3 is 4.98 Å². The molecule has 12 heavy (non-hydrogen) atoms. The highest BCUT2D eigenvalue weighted by Gasteiger charge is 2.03. The minimum atomic E-state index is 0.647. The van der Waals surface area contributed by atoms with Gasteiger partial charge >= 0.3 is 0 Å². The van der Waals surface area contributed by atoms with E-state index in [0.717, 1.165) is 11.3 Å². The summed E-state index contributed by atoms with van der Waals surface area (Å²) in [6.07, 6.45) is 6.42. The Kier molecular flexibility index (Phi) is 1.84. The summed E-state index contributed by atoms with van der Waals surface area (Å²) < 4.78 is 0. The van der Waals surface area contributed by atoms with Crippen molar-refractivity contribution in [3.05, 3.63) is 41.8 Å². The van der Waals surface area contributed by atoms with E-state index in [1.165, 1.54) is 0 Å². The number of aromatic amines is 1. The van der Waals surface area contributed by atoms with Gasteiger partial charge in [0, 0.05) is 18.0 Å². The maximum atomic E-state index is 5.92. The lowest BCUT2D eigenvalue weighted by atomic mass is 10.2. The molecule has 0 unspecified atom stereocenters. The van der Waals surface area contributed by atoms with Crippen LogP contribution in [0, 0.1) is 6.20 Å². The minimum Gasteiger partial charge on any atom is -0.359 e. The molecule has 0 amide bonds. The SMILES string of the molecule is Clc1cccnc1-c1[c][nH]cc1. The largest absolute Gasteiger partial charge is 0.359 e. The van der Waals surface area contributed by atoms with Gasteiger partial charge in [-0.2, -0.15) is 0 Å². The van der Waals surface area contributed by atoms with E-state index in [0.29, 0.717) is 5.02 Å². The first-order chi connectivity index (χ1) is 5.88. The van der Waals surface area contributed by atoms with E-state index in [1.807, 2.05) is 12.1 Å².